The summed E-state index contributed by atoms with van der Waals surface area (Å²) in [5, 5.41) is 3.47. The van der Waals surface area contributed by atoms with E-state index in [0.29, 0.717) is 5.41 Å². The van der Waals surface area contributed by atoms with E-state index in [1.807, 2.05) is 0 Å². The van der Waals surface area contributed by atoms with Crippen LogP contribution in [0.15, 0.2) is 0 Å². The van der Waals surface area contributed by atoms with E-state index < -0.39 is 0 Å². The van der Waals surface area contributed by atoms with Crippen LogP contribution in [0.1, 0.15) is 39.5 Å². The third-order valence-electron chi connectivity index (χ3n) is 3.02. The van der Waals surface area contributed by atoms with Crippen LogP contribution < -0.4 is 5.32 Å². The molecule has 1 atom stereocenters. The van der Waals surface area contributed by atoms with Crippen LogP contribution in [0.5, 0.6) is 0 Å². The van der Waals surface area contributed by atoms with Crippen molar-refractivity contribution in [2.75, 3.05) is 40.5 Å². The Morgan fingerprint density at radius 1 is 1.06 bits per heavy atom. The second kappa shape index (κ2) is 10.1. The Bertz CT molecular complexity index is 153. The lowest BCUT2D eigenvalue weighted by molar-refractivity contribution is 0.159. The quantitative estimate of drug-likeness (QED) is 0.554. The number of hydrogen-bond donors (Lipinski definition) is 1. The van der Waals surface area contributed by atoms with E-state index in [1.165, 1.54) is 19.3 Å². The Morgan fingerprint density at radius 3 is 2.31 bits per heavy atom. The molecule has 0 bridgehead atoms. The molecule has 3 heteroatoms. The minimum Gasteiger partial charge on any atom is -0.385 e. The summed E-state index contributed by atoms with van der Waals surface area (Å²) in [6.45, 7) is 8.31. The van der Waals surface area contributed by atoms with Crippen LogP contribution in [0, 0.1) is 5.41 Å². The molecule has 0 spiro atoms. The zero-order chi connectivity index (χ0) is 12.3. The van der Waals surface area contributed by atoms with Crippen molar-refractivity contribution in [2.45, 2.75) is 39.5 Å². The zero-order valence-electron chi connectivity index (χ0n) is 11.5. The van der Waals surface area contributed by atoms with Crippen LogP contribution in [0.25, 0.3) is 0 Å². The van der Waals surface area contributed by atoms with Crippen molar-refractivity contribution < 1.29 is 9.47 Å². The van der Waals surface area contributed by atoms with Crippen molar-refractivity contribution in [3.05, 3.63) is 0 Å². The fraction of sp³-hybridized carbons (Fsp3) is 1.00. The summed E-state index contributed by atoms with van der Waals surface area (Å²) in [6.07, 6.45) is 4.90. The molecule has 0 saturated heterocycles. The highest BCUT2D eigenvalue weighted by molar-refractivity contribution is 4.76. The van der Waals surface area contributed by atoms with Crippen LogP contribution in [0.3, 0.4) is 0 Å². The Kier molecular flexibility index (Phi) is 9.99. The smallest absolute Gasteiger partial charge is 0.0587 e. The van der Waals surface area contributed by atoms with Gasteiger partial charge in [0.25, 0.3) is 0 Å². The van der Waals surface area contributed by atoms with Crippen LogP contribution in [-0.4, -0.2) is 40.5 Å². The molecule has 0 aliphatic heterocycles. The minimum absolute atomic E-state index is 0.404. The SMILES string of the molecule is CCCC(C)(CCCOC)CNCCOC. The molecule has 0 aliphatic carbocycles. The van der Waals surface area contributed by atoms with Gasteiger partial charge >= 0.3 is 0 Å². The van der Waals surface area contributed by atoms with Gasteiger partial charge < -0.3 is 14.8 Å². The first kappa shape index (κ1) is 15.9. The molecule has 0 saturated carbocycles. The highest BCUT2D eigenvalue weighted by Gasteiger charge is 2.22. The Morgan fingerprint density at radius 2 is 1.75 bits per heavy atom. The zero-order valence-corrected chi connectivity index (χ0v) is 11.5. The van der Waals surface area contributed by atoms with E-state index >= 15 is 0 Å². The van der Waals surface area contributed by atoms with Crippen molar-refractivity contribution in [3.63, 3.8) is 0 Å². The molecule has 1 unspecified atom stereocenters. The second-order valence-corrected chi connectivity index (χ2v) is 4.83. The van der Waals surface area contributed by atoms with Gasteiger partial charge in [-0.2, -0.15) is 0 Å². The van der Waals surface area contributed by atoms with Gasteiger partial charge in [-0.15, -0.1) is 0 Å². The molecule has 0 aromatic heterocycles. The van der Waals surface area contributed by atoms with E-state index in [4.69, 9.17) is 9.47 Å². The number of methoxy groups -OCH3 is 2. The summed E-state index contributed by atoms with van der Waals surface area (Å²) in [4.78, 5) is 0. The summed E-state index contributed by atoms with van der Waals surface area (Å²) in [7, 11) is 3.51. The Hall–Kier alpha value is -0.120. The third kappa shape index (κ3) is 8.08. The van der Waals surface area contributed by atoms with Crippen molar-refractivity contribution in [3.8, 4) is 0 Å². The van der Waals surface area contributed by atoms with Crippen LogP contribution >= 0.6 is 0 Å². The Balaban J connectivity index is 3.81. The summed E-state index contributed by atoms with van der Waals surface area (Å²) in [5.74, 6) is 0. The highest BCUT2D eigenvalue weighted by atomic mass is 16.5. The molecule has 0 aromatic carbocycles. The third-order valence-corrected chi connectivity index (χ3v) is 3.02. The molecule has 0 radical (unpaired) electrons. The molecule has 0 amide bonds. The van der Waals surface area contributed by atoms with Crippen molar-refractivity contribution in [2.24, 2.45) is 5.41 Å². The molecule has 1 N–H and O–H groups in total. The summed E-state index contributed by atoms with van der Waals surface area (Å²) >= 11 is 0. The van der Waals surface area contributed by atoms with Gasteiger partial charge in [0.1, 0.15) is 0 Å². The predicted molar refractivity (Wildman–Crippen MR) is 68.9 cm³/mol. The Labute approximate surface area is 101 Å². The molecule has 0 aliphatic rings. The molecule has 98 valence electrons. The van der Waals surface area contributed by atoms with Gasteiger partial charge in [-0.3, -0.25) is 0 Å². The molecule has 0 aromatic rings. The van der Waals surface area contributed by atoms with Gasteiger partial charge in [-0.1, -0.05) is 20.3 Å². The maximum Gasteiger partial charge on any atom is 0.0587 e. The normalized spacial score (nSPS) is 15.0. The van der Waals surface area contributed by atoms with Crippen molar-refractivity contribution in [1.82, 2.24) is 5.32 Å². The molecular weight excluding hydrogens is 202 g/mol. The molecule has 0 fully saturated rings. The van der Waals surface area contributed by atoms with Gasteiger partial charge in [0.05, 0.1) is 6.61 Å². The van der Waals surface area contributed by atoms with E-state index in [-0.39, 0.29) is 0 Å². The summed E-state index contributed by atoms with van der Waals surface area (Å²) < 4.78 is 10.2. The van der Waals surface area contributed by atoms with Crippen molar-refractivity contribution in [1.29, 1.82) is 0 Å². The average molecular weight is 231 g/mol. The highest BCUT2D eigenvalue weighted by Crippen LogP contribution is 2.28. The van der Waals surface area contributed by atoms with Crippen LogP contribution in [0.4, 0.5) is 0 Å². The first-order chi connectivity index (χ1) is 7.68. The number of ether oxygens (including phenoxy) is 2. The number of nitrogens with one attached hydrogen (secondary N) is 1. The fourth-order valence-electron chi connectivity index (χ4n) is 2.11. The standard InChI is InChI=1S/C13H29NO2/c1-5-7-13(2,8-6-10-15-3)12-14-9-11-16-4/h14H,5-12H2,1-4H3. The molecule has 0 heterocycles. The molecule has 16 heavy (non-hydrogen) atoms. The van der Waals surface area contributed by atoms with E-state index in [9.17, 15) is 0 Å². The van der Waals surface area contributed by atoms with Crippen LogP contribution in [-0.2, 0) is 9.47 Å². The van der Waals surface area contributed by atoms with E-state index in [1.54, 1.807) is 14.2 Å². The summed E-state index contributed by atoms with van der Waals surface area (Å²) in [5.41, 5.74) is 0.404. The minimum atomic E-state index is 0.404. The van der Waals surface area contributed by atoms with Crippen LogP contribution in [0.2, 0.25) is 0 Å². The van der Waals surface area contributed by atoms with Gasteiger partial charge in [-0.05, 0) is 24.7 Å². The van der Waals surface area contributed by atoms with Gasteiger partial charge in [0.2, 0.25) is 0 Å². The maximum atomic E-state index is 5.12. The molecule has 0 rings (SSSR count). The van der Waals surface area contributed by atoms with E-state index in [0.717, 1.165) is 32.7 Å². The van der Waals surface area contributed by atoms with E-state index in [2.05, 4.69) is 19.2 Å². The predicted octanol–water partition coefficient (Wildman–Crippen LogP) is 2.46. The topological polar surface area (TPSA) is 30.5 Å². The van der Waals surface area contributed by atoms with Gasteiger partial charge in [-0.25, -0.2) is 0 Å². The second-order valence-electron chi connectivity index (χ2n) is 4.83. The monoisotopic (exact) mass is 231 g/mol. The number of rotatable bonds is 11. The fourth-order valence-corrected chi connectivity index (χ4v) is 2.11. The maximum absolute atomic E-state index is 5.12. The first-order valence-corrected chi connectivity index (χ1v) is 6.37. The molecule has 3 nitrogen and oxygen atoms in total. The summed E-state index contributed by atoms with van der Waals surface area (Å²) in [6, 6.07) is 0. The largest absolute Gasteiger partial charge is 0.385 e. The van der Waals surface area contributed by atoms with Gasteiger partial charge in [0, 0.05) is 33.9 Å². The lowest BCUT2D eigenvalue weighted by Gasteiger charge is -2.29. The average Bonchev–Trinajstić information content (AvgIpc) is 2.25. The first-order valence-electron chi connectivity index (χ1n) is 6.37. The lowest BCUT2D eigenvalue weighted by atomic mass is 9.81. The lowest BCUT2D eigenvalue weighted by Crippen LogP contribution is -2.34. The van der Waals surface area contributed by atoms with Gasteiger partial charge in [0.15, 0.2) is 0 Å². The number of hydrogen-bond acceptors (Lipinski definition) is 3. The molecular formula is C13H29NO2. The van der Waals surface area contributed by atoms with Crippen molar-refractivity contribution >= 4 is 0 Å².